The number of carbonyl (C=O) groups is 2. The first kappa shape index (κ1) is 44.8. The van der Waals surface area contributed by atoms with E-state index in [0.717, 1.165) is 57.8 Å². The van der Waals surface area contributed by atoms with Crippen LogP contribution in [0.3, 0.4) is 0 Å². The summed E-state index contributed by atoms with van der Waals surface area (Å²) in [5.74, 6) is 0.741. The molecule has 2 N–H and O–H groups in total. The van der Waals surface area contributed by atoms with Gasteiger partial charge in [0.05, 0.1) is 24.0 Å². The Kier molecular flexibility index (Phi) is 14.4. The highest BCUT2D eigenvalue weighted by molar-refractivity contribution is 7.87. The summed E-state index contributed by atoms with van der Waals surface area (Å²) in [6.45, 7) is 8.09. The van der Waals surface area contributed by atoms with E-state index in [-0.39, 0.29) is 42.7 Å². The largest absolute Gasteiger partial charge is 0.491 e. The quantitative estimate of drug-likeness (QED) is 0.117. The van der Waals surface area contributed by atoms with Crippen molar-refractivity contribution in [1.82, 2.24) is 28.4 Å². The van der Waals surface area contributed by atoms with Gasteiger partial charge in [0, 0.05) is 81.7 Å². The average Bonchev–Trinajstić information content (AvgIpc) is 3.53. The summed E-state index contributed by atoms with van der Waals surface area (Å²) in [6, 6.07) is 16.8. The van der Waals surface area contributed by atoms with Crippen LogP contribution in [0.4, 0.5) is 4.79 Å². The normalized spacial score (nSPS) is 16.3. The van der Waals surface area contributed by atoms with E-state index in [4.69, 9.17) is 18.9 Å². The van der Waals surface area contributed by atoms with Crippen molar-refractivity contribution >= 4 is 33.1 Å². The number of carboxylic acid groups (broad SMARTS) is 1. The maximum absolute atomic E-state index is 13.8. The van der Waals surface area contributed by atoms with Crippen LogP contribution in [0.2, 0.25) is 0 Å². The second-order valence-corrected chi connectivity index (χ2v) is 18.8. The smallest absolute Gasteiger partial charge is 0.407 e. The molecule has 6 rings (SSSR count). The molecule has 0 unspecified atom stereocenters. The number of benzene rings is 2. The summed E-state index contributed by atoms with van der Waals surface area (Å²) in [6.07, 6.45) is 5.32. The lowest BCUT2D eigenvalue weighted by atomic mass is 9.81. The minimum atomic E-state index is -4.25. The number of carbonyl (C=O) groups excluding carboxylic acids is 1. The number of likely N-dealkylation sites (N-methyl/N-ethyl adjacent to an activating group) is 2. The molecule has 3 heterocycles. The Bertz CT molecular complexity index is 2220. The highest BCUT2D eigenvalue weighted by Crippen LogP contribution is 2.48. The predicted molar refractivity (Wildman–Crippen MR) is 230 cm³/mol. The van der Waals surface area contributed by atoms with Crippen molar-refractivity contribution in [2.24, 2.45) is 5.41 Å². The molecule has 2 amide bonds. The van der Waals surface area contributed by atoms with E-state index in [1.807, 2.05) is 70.3 Å². The summed E-state index contributed by atoms with van der Waals surface area (Å²) in [7, 11) is 1.89. The molecular formula is C44H60N6O9S. The summed E-state index contributed by atoms with van der Waals surface area (Å²) < 4.78 is 55.4. The Labute approximate surface area is 353 Å². The Morgan fingerprint density at radius 2 is 1.77 bits per heavy atom. The molecule has 60 heavy (non-hydrogen) atoms. The number of amides is 2. The maximum atomic E-state index is 13.8. The first-order valence-corrected chi connectivity index (χ1v) is 22.0. The number of ether oxygens (including phenoxy) is 4. The van der Waals surface area contributed by atoms with E-state index in [1.54, 1.807) is 18.3 Å². The third-order valence-electron chi connectivity index (χ3n) is 11.4. The molecule has 0 saturated heterocycles. The third-order valence-corrected chi connectivity index (χ3v) is 12.8. The van der Waals surface area contributed by atoms with Gasteiger partial charge in [0.2, 0.25) is 0 Å². The van der Waals surface area contributed by atoms with Crippen molar-refractivity contribution < 1.29 is 42.1 Å². The molecule has 0 bridgehead atoms. The molecule has 15 nitrogen and oxygen atoms in total. The monoisotopic (exact) mass is 848 g/mol. The van der Waals surface area contributed by atoms with Crippen LogP contribution in [0.1, 0.15) is 80.4 Å². The third kappa shape index (κ3) is 10.8. The summed E-state index contributed by atoms with van der Waals surface area (Å²) in [5.41, 5.74) is 4.60. The van der Waals surface area contributed by atoms with Crippen molar-refractivity contribution in [2.45, 2.75) is 84.3 Å². The predicted octanol–water partition coefficient (Wildman–Crippen LogP) is 6.57. The van der Waals surface area contributed by atoms with Crippen LogP contribution in [0.15, 0.2) is 60.8 Å². The molecule has 0 radical (unpaired) electrons. The Morgan fingerprint density at radius 1 is 1.02 bits per heavy atom. The molecule has 0 spiro atoms. The lowest BCUT2D eigenvalue weighted by molar-refractivity contribution is -0.106. The summed E-state index contributed by atoms with van der Waals surface area (Å²) >= 11 is 0. The van der Waals surface area contributed by atoms with Gasteiger partial charge in [-0.1, -0.05) is 52.2 Å². The fourth-order valence-corrected chi connectivity index (χ4v) is 8.98. The van der Waals surface area contributed by atoms with Gasteiger partial charge in [0.15, 0.2) is 6.29 Å². The topological polar surface area (TPSA) is 165 Å². The number of hydrogen-bond donors (Lipinski definition) is 2. The summed E-state index contributed by atoms with van der Waals surface area (Å²) in [5, 5.41) is 11.1. The molecule has 1 atom stereocenters. The van der Waals surface area contributed by atoms with Crippen molar-refractivity contribution in [3.8, 4) is 22.8 Å². The zero-order valence-corrected chi connectivity index (χ0v) is 36.7. The minimum absolute atomic E-state index is 0.127. The molecule has 4 aromatic rings. The van der Waals surface area contributed by atoms with E-state index in [2.05, 4.69) is 19.2 Å². The van der Waals surface area contributed by atoms with E-state index in [0.29, 0.717) is 37.7 Å². The van der Waals surface area contributed by atoms with Crippen molar-refractivity contribution in [3.63, 3.8) is 0 Å². The molecule has 1 fully saturated rings. The molecule has 2 aromatic heterocycles. The molecule has 1 aliphatic heterocycles. The van der Waals surface area contributed by atoms with Crippen LogP contribution in [0.5, 0.6) is 11.5 Å². The van der Waals surface area contributed by atoms with Crippen molar-refractivity contribution in [2.75, 3.05) is 61.1 Å². The minimum Gasteiger partial charge on any atom is -0.491 e. The van der Waals surface area contributed by atoms with Gasteiger partial charge in [-0.2, -0.15) is 12.7 Å². The first-order valence-electron chi connectivity index (χ1n) is 20.6. The highest BCUT2D eigenvalue weighted by Gasteiger charge is 2.33. The maximum Gasteiger partial charge on any atom is 0.407 e. The fourth-order valence-electron chi connectivity index (χ4n) is 8.15. The number of pyridine rings is 1. The van der Waals surface area contributed by atoms with Crippen molar-refractivity contribution in [3.05, 3.63) is 77.6 Å². The molecule has 326 valence electrons. The second kappa shape index (κ2) is 19.3. The summed E-state index contributed by atoms with van der Waals surface area (Å²) in [4.78, 5) is 34.1. The second-order valence-electron chi connectivity index (χ2n) is 17.0. The van der Waals surface area contributed by atoms with E-state index >= 15 is 0 Å². The zero-order valence-electron chi connectivity index (χ0n) is 35.8. The number of nitrogens with zero attached hydrogens (tertiary/aromatic N) is 5. The van der Waals surface area contributed by atoms with Crippen LogP contribution in [0.25, 0.3) is 22.2 Å². The standard InChI is InChI=1S/C44H60N6O9S/c1-44(2,3)29-49(43(52)53)22-21-47(4)33-25-50-37-23-31(42(51)46-60(54,55)48(5)26-39(56-6)57-7)16-18-35(37)40(30-13-9-8-10-14-30)41(50)36-19-17-34(24-38(36)59-28-33)58-27-32-15-11-12-20-45-32/h11-12,15-20,23-24,30,33,39H,8-10,13-14,21-22,25-29H2,1-7H3,(H,46,51)(H,52,53)/t33-/m1/s1. The first-order chi connectivity index (χ1) is 28.6. The molecule has 1 aliphatic carbocycles. The number of rotatable bonds is 16. The van der Waals surface area contributed by atoms with Gasteiger partial charge in [-0.25, -0.2) is 9.52 Å². The van der Waals surface area contributed by atoms with Gasteiger partial charge in [-0.15, -0.1) is 0 Å². The molecule has 1 saturated carbocycles. The molecular weight excluding hydrogens is 789 g/mol. The zero-order chi connectivity index (χ0) is 43.2. The van der Waals surface area contributed by atoms with Crippen LogP contribution < -0.4 is 14.2 Å². The number of aromatic nitrogens is 2. The Balaban J connectivity index is 1.44. The lowest BCUT2D eigenvalue weighted by Gasteiger charge is -2.34. The molecule has 2 aliphatic rings. The van der Waals surface area contributed by atoms with E-state index in [1.165, 1.54) is 38.2 Å². The van der Waals surface area contributed by atoms with Crippen molar-refractivity contribution in [1.29, 1.82) is 0 Å². The fraction of sp³-hybridized carbons (Fsp3) is 0.523. The van der Waals surface area contributed by atoms with Crippen LogP contribution >= 0.6 is 0 Å². The number of fused-ring (bicyclic) bond motifs is 5. The number of methoxy groups -OCH3 is 2. The van der Waals surface area contributed by atoms with Crippen LogP contribution in [-0.4, -0.2) is 123 Å². The van der Waals surface area contributed by atoms with Gasteiger partial charge < -0.3 is 33.5 Å². The highest BCUT2D eigenvalue weighted by atomic mass is 32.2. The van der Waals surface area contributed by atoms with Crippen LogP contribution in [0, 0.1) is 5.41 Å². The van der Waals surface area contributed by atoms with Gasteiger partial charge in [0.25, 0.3) is 5.91 Å². The Hall–Kier alpha value is -4.74. The average molecular weight is 849 g/mol. The van der Waals surface area contributed by atoms with Gasteiger partial charge >= 0.3 is 16.3 Å². The van der Waals surface area contributed by atoms with Gasteiger partial charge in [-0.3, -0.25) is 14.7 Å². The van der Waals surface area contributed by atoms with Crippen LogP contribution in [-0.2, 0) is 32.8 Å². The Morgan fingerprint density at radius 3 is 2.43 bits per heavy atom. The van der Waals surface area contributed by atoms with E-state index < -0.39 is 28.5 Å². The van der Waals surface area contributed by atoms with Gasteiger partial charge in [0.1, 0.15) is 24.7 Å². The molecule has 2 aromatic carbocycles. The number of nitrogens with one attached hydrogen (secondary N) is 1. The van der Waals surface area contributed by atoms with E-state index in [9.17, 15) is 23.1 Å². The molecule has 16 heteroatoms. The van der Waals surface area contributed by atoms with Gasteiger partial charge in [-0.05, 0) is 73.2 Å². The number of hydrogen-bond acceptors (Lipinski definition) is 10. The SMILES string of the molecule is COC(CN(C)S(=O)(=O)NC(=O)c1ccc2c(C3CCCCC3)c3n(c2c1)C[C@@H](N(C)CCN(CC(C)(C)C)C(=O)O)COc1cc(OCc2ccccn2)ccc1-3)OC. The lowest BCUT2D eigenvalue weighted by Crippen LogP contribution is -2.46.